The third-order valence-corrected chi connectivity index (χ3v) is 4.83. The first-order chi connectivity index (χ1) is 11.2. The Morgan fingerprint density at radius 1 is 1.22 bits per heavy atom. The topological polar surface area (TPSA) is 62.2 Å². The molecule has 2 aromatic heterocycles. The molecule has 0 aliphatic carbocycles. The summed E-state index contributed by atoms with van der Waals surface area (Å²) in [5.41, 5.74) is 2.55. The van der Waals surface area contributed by atoms with Crippen molar-refractivity contribution in [1.29, 1.82) is 0 Å². The first-order valence-electron chi connectivity index (χ1n) is 8.00. The minimum absolute atomic E-state index is 0.837. The Bertz CT molecular complexity index is 635. The van der Waals surface area contributed by atoms with Gasteiger partial charge in [-0.25, -0.2) is 4.98 Å². The number of nitrogens with one attached hydrogen (secondary N) is 2. The Balaban J connectivity index is 1.70. The number of aryl methyl sites for hydroxylation is 2. The highest BCUT2D eigenvalue weighted by molar-refractivity contribution is 7.11. The van der Waals surface area contributed by atoms with Crippen LogP contribution in [-0.2, 0) is 19.3 Å². The third kappa shape index (κ3) is 5.63. The summed E-state index contributed by atoms with van der Waals surface area (Å²) in [7, 11) is 1.80. The Hall–Kier alpha value is -1.95. The molecule has 0 aromatic carbocycles. The van der Waals surface area contributed by atoms with Crippen molar-refractivity contribution in [2.24, 2.45) is 4.99 Å². The van der Waals surface area contributed by atoms with Crippen LogP contribution >= 0.6 is 11.3 Å². The van der Waals surface area contributed by atoms with E-state index in [2.05, 4.69) is 45.5 Å². The SMILES string of the molecule is CCc1cnc(CCNC(=NC)NCCc2ccncc2C)s1. The first-order valence-corrected chi connectivity index (χ1v) is 8.82. The van der Waals surface area contributed by atoms with Crippen LogP contribution in [0.1, 0.15) is 27.9 Å². The van der Waals surface area contributed by atoms with Crippen LogP contribution in [0.4, 0.5) is 0 Å². The van der Waals surface area contributed by atoms with Crippen LogP contribution in [0.2, 0.25) is 0 Å². The summed E-state index contributed by atoms with van der Waals surface area (Å²) in [5.74, 6) is 0.837. The Morgan fingerprint density at radius 2 is 2.00 bits per heavy atom. The molecule has 0 fully saturated rings. The summed E-state index contributed by atoms with van der Waals surface area (Å²) in [6, 6.07) is 2.07. The second-order valence-corrected chi connectivity index (χ2v) is 6.50. The fraction of sp³-hybridized carbons (Fsp3) is 0.471. The summed E-state index contributed by atoms with van der Waals surface area (Å²) < 4.78 is 0. The summed E-state index contributed by atoms with van der Waals surface area (Å²) in [6.45, 7) is 5.94. The molecule has 0 aliphatic heterocycles. The Kier molecular flexibility index (Phi) is 7.00. The second-order valence-electron chi connectivity index (χ2n) is 5.30. The van der Waals surface area contributed by atoms with E-state index in [1.165, 1.54) is 21.0 Å². The number of thiazole rings is 1. The minimum atomic E-state index is 0.837. The van der Waals surface area contributed by atoms with Crippen LogP contribution in [0.25, 0.3) is 0 Å². The molecule has 0 unspecified atom stereocenters. The van der Waals surface area contributed by atoms with E-state index >= 15 is 0 Å². The van der Waals surface area contributed by atoms with Gasteiger partial charge >= 0.3 is 0 Å². The monoisotopic (exact) mass is 331 g/mol. The van der Waals surface area contributed by atoms with Gasteiger partial charge in [-0.15, -0.1) is 11.3 Å². The normalized spacial score (nSPS) is 11.5. The van der Waals surface area contributed by atoms with Crippen LogP contribution in [-0.4, -0.2) is 36.1 Å². The highest BCUT2D eigenvalue weighted by Gasteiger charge is 2.03. The minimum Gasteiger partial charge on any atom is -0.356 e. The average molecular weight is 331 g/mol. The van der Waals surface area contributed by atoms with Gasteiger partial charge in [0, 0.05) is 50.0 Å². The molecular formula is C17H25N5S. The highest BCUT2D eigenvalue weighted by Crippen LogP contribution is 2.13. The van der Waals surface area contributed by atoms with Gasteiger partial charge in [0.25, 0.3) is 0 Å². The lowest BCUT2D eigenvalue weighted by Crippen LogP contribution is -2.39. The van der Waals surface area contributed by atoms with Crippen molar-refractivity contribution in [3.8, 4) is 0 Å². The zero-order valence-electron chi connectivity index (χ0n) is 14.1. The van der Waals surface area contributed by atoms with Crippen molar-refractivity contribution >= 4 is 17.3 Å². The van der Waals surface area contributed by atoms with Crippen molar-refractivity contribution in [2.45, 2.75) is 33.1 Å². The van der Waals surface area contributed by atoms with Gasteiger partial charge in [-0.2, -0.15) is 0 Å². The Morgan fingerprint density at radius 3 is 2.65 bits per heavy atom. The molecule has 6 heteroatoms. The molecule has 0 saturated heterocycles. The standard InChI is InChI=1S/C17H25N5S/c1-4-15-12-22-16(23-15)7-10-21-17(18-3)20-9-6-14-5-8-19-11-13(14)2/h5,8,11-12H,4,6-7,9-10H2,1-3H3,(H2,18,20,21). The van der Waals surface area contributed by atoms with Gasteiger partial charge in [-0.1, -0.05) is 6.92 Å². The van der Waals surface area contributed by atoms with Gasteiger partial charge in [0.05, 0.1) is 5.01 Å². The second kappa shape index (κ2) is 9.25. The van der Waals surface area contributed by atoms with E-state index in [9.17, 15) is 0 Å². The quantitative estimate of drug-likeness (QED) is 0.604. The largest absolute Gasteiger partial charge is 0.356 e. The fourth-order valence-electron chi connectivity index (χ4n) is 2.23. The van der Waals surface area contributed by atoms with Crippen molar-refractivity contribution < 1.29 is 0 Å². The van der Waals surface area contributed by atoms with Crippen molar-refractivity contribution in [2.75, 3.05) is 20.1 Å². The number of guanidine groups is 1. The van der Waals surface area contributed by atoms with Gasteiger partial charge in [0.1, 0.15) is 0 Å². The molecule has 2 aromatic rings. The predicted molar refractivity (Wildman–Crippen MR) is 97.2 cm³/mol. The summed E-state index contributed by atoms with van der Waals surface area (Å²) >= 11 is 1.79. The first kappa shape index (κ1) is 17.4. The number of hydrogen-bond donors (Lipinski definition) is 2. The van der Waals surface area contributed by atoms with Crippen LogP contribution in [0, 0.1) is 6.92 Å². The van der Waals surface area contributed by atoms with E-state index in [1.54, 1.807) is 18.4 Å². The van der Waals surface area contributed by atoms with Gasteiger partial charge in [-0.05, 0) is 37.0 Å². The van der Waals surface area contributed by atoms with E-state index in [0.717, 1.165) is 38.3 Å². The number of nitrogens with zero attached hydrogens (tertiary/aromatic N) is 3. The Labute approximate surface area is 142 Å². The van der Waals surface area contributed by atoms with E-state index in [0.29, 0.717) is 0 Å². The lowest BCUT2D eigenvalue weighted by molar-refractivity contribution is 0.780. The average Bonchev–Trinajstić information content (AvgIpc) is 3.03. The number of aromatic nitrogens is 2. The third-order valence-electron chi connectivity index (χ3n) is 3.63. The smallest absolute Gasteiger partial charge is 0.191 e. The van der Waals surface area contributed by atoms with Gasteiger partial charge in [0.15, 0.2) is 5.96 Å². The summed E-state index contributed by atoms with van der Waals surface area (Å²) in [6.07, 6.45) is 8.66. The van der Waals surface area contributed by atoms with E-state index in [1.807, 2.05) is 18.6 Å². The van der Waals surface area contributed by atoms with Gasteiger partial charge < -0.3 is 10.6 Å². The van der Waals surface area contributed by atoms with Gasteiger partial charge in [0.2, 0.25) is 0 Å². The molecule has 2 heterocycles. The molecule has 2 N–H and O–H groups in total. The maximum atomic E-state index is 4.43. The number of aliphatic imine (C=N–C) groups is 1. The maximum absolute atomic E-state index is 4.43. The number of hydrogen-bond acceptors (Lipinski definition) is 4. The molecule has 0 radical (unpaired) electrons. The predicted octanol–water partition coefficient (Wildman–Crippen LogP) is 2.36. The van der Waals surface area contributed by atoms with Crippen molar-refractivity contribution in [3.63, 3.8) is 0 Å². The van der Waals surface area contributed by atoms with Crippen LogP contribution in [0.15, 0.2) is 29.6 Å². The molecule has 0 saturated carbocycles. The van der Waals surface area contributed by atoms with Crippen LogP contribution in [0.3, 0.4) is 0 Å². The highest BCUT2D eigenvalue weighted by atomic mass is 32.1. The van der Waals surface area contributed by atoms with Crippen LogP contribution in [0.5, 0.6) is 0 Å². The molecule has 0 bridgehead atoms. The molecule has 0 spiro atoms. The molecule has 124 valence electrons. The molecule has 0 amide bonds. The van der Waals surface area contributed by atoms with Crippen LogP contribution < -0.4 is 10.6 Å². The molecule has 2 rings (SSSR count). The van der Waals surface area contributed by atoms with E-state index in [4.69, 9.17) is 0 Å². The lowest BCUT2D eigenvalue weighted by Gasteiger charge is -2.12. The molecule has 0 aliphatic rings. The van der Waals surface area contributed by atoms with E-state index in [-0.39, 0.29) is 0 Å². The maximum Gasteiger partial charge on any atom is 0.191 e. The lowest BCUT2D eigenvalue weighted by atomic mass is 10.1. The van der Waals surface area contributed by atoms with Crippen molar-refractivity contribution in [3.05, 3.63) is 45.7 Å². The molecule has 23 heavy (non-hydrogen) atoms. The van der Waals surface area contributed by atoms with Gasteiger partial charge in [-0.3, -0.25) is 9.98 Å². The number of pyridine rings is 1. The van der Waals surface area contributed by atoms with E-state index < -0.39 is 0 Å². The molecule has 0 atom stereocenters. The molecular weight excluding hydrogens is 306 g/mol. The zero-order chi connectivity index (χ0) is 16.5. The number of rotatable bonds is 7. The summed E-state index contributed by atoms with van der Waals surface area (Å²) in [5, 5.41) is 7.87. The zero-order valence-corrected chi connectivity index (χ0v) is 14.9. The fourth-order valence-corrected chi connectivity index (χ4v) is 3.10. The summed E-state index contributed by atoms with van der Waals surface area (Å²) in [4.78, 5) is 14.2. The van der Waals surface area contributed by atoms with Crippen molar-refractivity contribution in [1.82, 2.24) is 20.6 Å². The molecule has 5 nitrogen and oxygen atoms in total.